The van der Waals surface area contributed by atoms with Crippen molar-refractivity contribution in [3.63, 3.8) is 0 Å². The highest BCUT2D eigenvalue weighted by atomic mass is 19.1. The van der Waals surface area contributed by atoms with Crippen molar-refractivity contribution in [3.05, 3.63) is 16.4 Å². The van der Waals surface area contributed by atoms with Gasteiger partial charge in [0.05, 0.1) is 6.54 Å². The summed E-state index contributed by atoms with van der Waals surface area (Å²) in [6.45, 7) is 1.13. The molecule has 0 saturated heterocycles. The Kier molecular flexibility index (Phi) is 3.86. The molecule has 0 aromatic carbocycles. The van der Waals surface area contributed by atoms with E-state index in [9.17, 15) is 19.3 Å². The predicted molar refractivity (Wildman–Crippen MR) is 48.0 cm³/mol. The molecule has 0 spiro atoms. The lowest BCUT2D eigenvalue weighted by Crippen LogP contribution is -2.14. The summed E-state index contributed by atoms with van der Waals surface area (Å²) in [5.74, 6) is -1.28. The fraction of sp³-hybridized carbons (Fsp3) is 0.571. The number of aromatic nitrogens is 3. The van der Waals surface area contributed by atoms with Gasteiger partial charge < -0.3 is 14.9 Å². The minimum atomic E-state index is -1.75. The van der Waals surface area contributed by atoms with E-state index in [0.29, 0.717) is 0 Å². The second kappa shape index (κ2) is 5.14. The molecule has 8 nitrogen and oxygen atoms in total. The van der Waals surface area contributed by atoms with Crippen LogP contribution < -0.4 is 0 Å². The highest BCUT2D eigenvalue weighted by Gasteiger charge is 2.15. The molecule has 1 rings (SSSR count). The van der Waals surface area contributed by atoms with E-state index in [-0.39, 0.29) is 13.0 Å². The Bertz CT molecular complexity index is 393. The number of aryl methyl sites for hydroxylation is 1. The van der Waals surface area contributed by atoms with Crippen molar-refractivity contribution in [1.82, 2.24) is 14.8 Å². The Hall–Kier alpha value is -2.06. The van der Waals surface area contributed by atoms with Crippen LogP contribution in [0.5, 0.6) is 0 Å². The third-order valence-corrected chi connectivity index (χ3v) is 1.57. The molecule has 0 aliphatic rings. The molecule has 1 aromatic heterocycles. The quantitative estimate of drug-likeness (QED) is 0.414. The molecule has 1 unspecified atom stereocenters. The van der Waals surface area contributed by atoms with Crippen LogP contribution in [-0.4, -0.2) is 32.0 Å². The Balaban J connectivity index is 2.42. The third kappa shape index (κ3) is 3.59. The van der Waals surface area contributed by atoms with Gasteiger partial charge in [-0.25, -0.2) is 4.39 Å². The van der Waals surface area contributed by atoms with Gasteiger partial charge in [0.15, 0.2) is 0 Å². The zero-order chi connectivity index (χ0) is 12.1. The SMILES string of the molecule is CC(=O)OC(F)CCn1cnc([N+](=O)[O-])n1. The van der Waals surface area contributed by atoms with Crippen molar-refractivity contribution < 1.29 is 18.8 Å². The number of rotatable bonds is 5. The average Bonchev–Trinajstić information content (AvgIpc) is 2.61. The monoisotopic (exact) mass is 232 g/mol. The molecule has 0 aliphatic carbocycles. The number of carbonyl (C=O) groups is 1. The van der Waals surface area contributed by atoms with Crippen LogP contribution >= 0.6 is 0 Å². The van der Waals surface area contributed by atoms with Crippen molar-refractivity contribution in [2.45, 2.75) is 26.2 Å². The normalized spacial score (nSPS) is 12.1. The van der Waals surface area contributed by atoms with E-state index >= 15 is 0 Å². The van der Waals surface area contributed by atoms with Gasteiger partial charge in [-0.3, -0.25) is 4.79 Å². The summed E-state index contributed by atoms with van der Waals surface area (Å²) in [6.07, 6.45) is -0.778. The van der Waals surface area contributed by atoms with Gasteiger partial charge >= 0.3 is 11.9 Å². The van der Waals surface area contributed by atoms with E-state index in [1.807, 2.05) is 0 Å². The molecule has 0 aliphatic heterocycles. The molecule has 0 amide bonds. The fourth-order valence-electron chi connectivity index (χ4n) is 0.949. The molecule has 0 saturated carbocycles. The minimum absolute atomic E-state index is 0.0370. The van der Waals surface area contributed by atoms with Gasteiger partial charge in [-0.1, -0.05) is 4.98 Å². The zero-order valence-electron chi connectivity index (χ0n) is 8.37. The number of hydrogen-bond acceptors (Lipinski definition) is 6. The molecule has 1 aromatic rings. The number of nitro groups is 1. The molecule has 0 fully saturated rings. The predicted octanol–water partition coefficient (Wildman–Crippen LogP) is 0.435. The second-order valence-electron chi connectivity index (χ2n) is 2.87. The number of halogens is 1. The van der Waals surface area contributed by atoms with Crippen LogP contribution in [0, 0.1) is 10.1 Å². The molecular formula is C7H9FN4O4. The average molecular weight is 232 g/mol. The van der Waals surface area contributed by atoms with E-state index in [0.717, 1.165) is 17.9 Å². The number of nitrogens with zero attached hydrogens (tertiary/aromatic N) is 4. The number of alkyl halides is 1. The number of ether oxygens (including phenoxy) is 1. The summed E-state index contributed by atoms with van der Waals surface area (Å²) in [5.41, 5.74) is 0. The van der Waals surface area contributed by atoms with E-state index in [1.54, 1.807) is 0 Å². The van der Waals surface area contributed by atoms with Gasteiger partial charge in [0, 0.05) is 18.4 Å². The van der Waals surface area contributed by atoms with Gasteiger partial charge in [-0.05, 0) is 4.92 Å². The highest BCUT2D eigenvalue weighted by molar-refractivity contribution is 5.65. The standard InChI is InChI=1S/C7H9FN4O4/c1-5(13)16-6(8)2-3-11-4-9-7(10-11)12(14)15/h4,6H,2-3H2,1H3. The molecular weight excluding hydrogens is 223 g/mol. The van der Waals surface area contributed by atoms with Gasteiger partial charge in [0.2, 0.25) is 12.7 Å². The summed E-state index contributed by atoms with van der Waals surface area (Å²) < 4.78 is 18.2. The summed E-state index contributed by atoms with van der Waals surface area (Å²) in [7, 11) is 0. The van der Waals surface area contributed by atoms with E-state index in [1.165, 1.54) is 0 Å². The molecule has 9 heteroatoms. The largest absolute Gasteiger partial charge is 0.490 e. The lowest BCUT2D eigenvalue weighted by atomic mass is 10.4. The van der Waals surface area contributed by atoms with Crippen molar-refractivity contribution in [3.8, 4) is 0 Å². The molecule has 16 heavy (non-hydrogen) atoms. The summed E-state index contributed by atoms with van der Waals surface area (Å²) >= 11 is 0. The van der Waals surface area contributed by atoms with Crippen molar-refractivity contribution in [2.75, 3.05) is 0 Å². The van der Waals surface area contributed by atoms with Crippen LogP contribution in [0.1, 0.15) is 13.3 Å². The maximum atomic E-state index is 12.9. The van der Waals surface area contributed by atoms with Crippen molar-refractivity contribution in [1.29, 1.82) is 0 Å². The summed E-state index contributed by atoms with van der Waals surface area (Å²) in [6, 6.07) is 0. The molecule has 88 valence electrons. The Morgan fingerprint density at radius 2 is 2.50 bits per heavy atom. The Morgan fingerprint density at radius 3 is 3.00 bits per heavy atom. The smallest absolute Gasteiger partial charge is 0.431 e. The fourth-order valence-corrected chi connectivity index (χ4v) is 0.949. The van der Waals surface area contributed by atoms with E-state index in [2.05, 4.69) is 14.8 Å². The van der Waals surface area contributed by atoms with Crippen LogP contribution in [0.4, 0.5) is 10.3 Å². The first kappa shape index (κ1) is 12.0. The number of carbonyl (C=O) groups excluding carboxylic acids is 1. The third-order valence-electron chi connectivity index (χ3n) is 1.57. The van der Waals surface area contributed by atoms with E-state index < -0.39 is 23.2 Å². The lowest BCUT2D eigenvalue weighted by Gasteiger charge is -2.06. The summed E-state index contributed by atoms with van der Waals surface area (Å²) in [4.78, 5) is 23.2. The molecule has 0 bridgehead atoms. The van der Waals surface area contributed by atoms with Crippen molar-refractivity contribution >= 4 is 11.9 Å². The maximum Gasteiger partial charge on any atom is 0.490 e. The Labute approximate surface area is 89.2 Å². The van der Waals surface area contributed by atoms with Gasteiger partial charge in [-0.2, -0.15) is 4.68 Å². The zero-order valence-corrected chi connectivity index (χ0v) is 8.37. The summed E-state index contributed by atoms with van der Waals surface area (Å²) in [5, 5.41) is 13.7. The minimum Gasteiger partial charge on any atom is -0.431 e. The number of esters is 1. The maximum absolute atomic E-state index is 12.9. The molecule has 0 N–H and O–H groups in total. The lowest BCUT2D eigenvalue weighted by molar-refractivity contribution is -0.394. The van der Waals surface area contributed by atoms with Crippen LogP contribution in [0.15, 0.2) is 6.33 Å². The Morgan fingerprint density at radius 1 is 1.81 bits per heavy atom. The first-order valence-corrected chi connectivity index (χ1v) is 4.34. The molecule has 1 heterocycles. The van der Waals surface area contributed by atoms with Gasteiger partial charge in [0.25, 0.3) is 0 Å². The molecule has 1 atom stereocenters. The van der Waals surface area contributed by atoms with Gasteiger partial charge in [0.1, 0.15) is 0 Å². The highest BCUT2D eigenvalue weighted by Crippen LogP contribution is 2.05. The van der Waals surface area contributed by atoms with Gasteiger partial charge in [-0.15, -0.1) is 0 Å². The topological polar surface area (TPSA) is 100 Å². The second-order valence-corrected chi connectivity index (χ2v) is 2.87. The molecule has 0 radical (unpaired) electrons. The number of hydrogen-bond donors (Lipinski definition) is 0. The van der Waals surface area contributed by atoms with Crippen LogP contribution in [0.2, 0.25) is 0 Å². The van der Waals surface area contributed by atoms with Crippen LogP contribution in [-0.2, 0) is 16.1 Å². The van der Waals surface area contributed by atoms with E-state index in [4.69, 9.17) is 0 Å². The first-order chi connectivity index (χ1) is 7.49. The van der Waals surface area contributed by atoms with Crippen molar-refractivity contribution in [2.24, 2.45) is 0 Å². The van der Waals surface area contributed by atoms with Crippen LogP contribution in [0.25, 0.3) is 0 Å². The van der Waals surface area contributed by atoms with Crippen LogP contribution in [0.3, 0.4) is 0 Å². The first-order valence-electron chi connectivity index (χ1n) is 4.34.